The van der Waals surface area contributed by atoms with Crippen molar-refractivity contribution in [2.45, 2.75) is 44.8 Å². The zero-order valence-corrected chi connectivity index (χ0v) is 13.4. The van der Waals surface area contributed by atoms with Crippen molar-refractivity contribution >= 4 is 17.8 Å². The molecule has 0 saturated carbocycles. The maximum absolute atomic E-state index is 12.1. The summed E-state index contributed by atoms with van der Waals surface area (Å²) in [5.41, 5.74) is 1.40. The first-order valence-corrected chi connectivity index (χ1v) is 7.98. The summed E-state index contributed by atoms with van der Waals surface area (Å²) in [5, 5.41) is 11.6. The molecule has 2 rings (SSSR count). The molecule has 0 fully saturated rings. The standard InChI is InChI=1S/C18H21NO5/c20-16(24-12-13-7-3-1-4-8-13)11-15(18(22)23)19-17(21)14-9-5-2-6-10-14/h1,3-4,7-9,15H,2,5-6,10-12H2,(H,19,21)(H,22,23). The van der Waals surface area contributed by atoms with Crippen LogP contribution < -0.4 is 5.32 Å². The van der Waals surface area contributed by atoms with Crippen molar-refractivity contribution in [3.63, 3.8) is 0 Å². The number of aliphatic carboxylic acids is 1. The highest BCUT2D eigenvalue weighted by atomic mass is 16.5. The third-order valence-electron chi connectivity index (χ3n) is 3.80. The van der Waals surface area contributed by atoms with E-state index >= 15 is 0 Å². The molecule has 1 atom stereocenters. The molecule has 6 heteroatoms. The van der Waals surface area contributed by atoms with E-state index in [-0.39, 0.29) is 6.61 Å². The average molecular weight is 331 g/mol. The monoisotopic (exact) mass is 331 g/mol. The summed E-state index contributed by atoms with van der Waals surface area (Å²) < 4.78 is 5.07. The molecular formula is C18H21NO5. The Kier molecular flexibility index (Phi) is 6.54. The fraction of sp³-hybridized carbons (Fsp3) is 0.389. The third-order valence-corrected chi connectivity index (χ3v) is 3.80. The first-order valence-electron chi connectivity index (χ1n) is 7.98. The minimum atomic E-state index is -1.29. The summed E-state index contributed by atoms with van der Waals surface area (Å²) in [6.07, 6.45) is 4.82. The normalized spacial score (nSPS) is 15.1. The van der Waals surface area contributed by atoms with E-state index in [0.717, 1.165) is 24.8 Å². The Hall–Kier alpha value is -2.63. The Morgan fingerprint density at radius 1 is 1.17 bits per heavy atom. The smallest absolute Gasteiger partial charge is 0.326 e. The second kappa shape index (κ2) is 8.86. The number of hydrogen-bond donors (Lipinski definition) is 2. The van der Waals surface area contributed by atoms with Gasteiger partial charge in [-0.2, -0.15) is 0 Å². The number of allylic oxidation sites excluding steroid dienone is 1. The van der Waals surface area contributed by atoms with Crippen molar-refractivity contribution in [1.29, 1.82) is 0 Å². The molecule has 1 unspecified atom stereocenters. The van der Waals surface area contributed by atoms with Crippen LogP contribution in [0.3, 0.4) is 0 Å². The number of hydrogen-bond acceptors (Lipinski definition) is 4. The summed E-state index contributed by atoms with van der Waals surface area (Å²) in [4.78, 5) is 35.2. The van der Waals surface area contributed by atoms with Gasteiger partial charge in [0.1, 0.15) is 12.6 Å². The molecule has 0 aliphatic heterocycles. The minimum absolute atomic E-state index is 0.0745. The Labute approximate surface area is 140 Å². The molecule has 1 amide bonds. The van der Waals surface area contributed by atoms with E-state index in [1.807, 2.05) is 24.3 Å². The van der Waals surface area contributed by atoms with Gasteiger partial charge in [-0.15, -0.1) is 0 Å². The zero-order valence-electron chi connectivity index (χ0n) is 13.4. The molecule has 1 aliphatic rings. The van der Waals surface area contributed by atoms with Crippen molar-refractivity contribution in [3.8, 4) is 0 Å². The molecule has 2 N–H and O–H groups in total. The lowest BCUT2D eigenvalue weighted by Crippen LogP contribution is -2.43. The molecule has 0 aromatic heterocycles. The highest BCUT2D eigenvalue weighted by molar-refractivity contribution is 5.96. The predicted octanol–water partition coefficient (Wildman–Crippen LogP) is 2.19. The van der Waals surface area contributed by atoms with Crippen LogP contribution in [0.25, 0.3) is 0 Å². The lowest BCUT2D eigenvalue weighted by Gasteiger charge is -2.17. The van der Waals surface area contributed by atoms with E-state index in [4.69, 9.17) is 4.74 Å². The van der Waals surface area contributed by atoms with Gasteiger partial charge in [-0.25, -0.2) is 4.79 Å². The maximum Gasteiger partial charge on any atom is 0.326 e. The number of benzene rings is 1. The first kappa shape index (κ1) is 17.7. The SMILES string of the molecule is O=C(CC(NC(=O)C1=CCCCC1)C(=O)O)OCc1ccccc1. The molecule has 6 nitrogen and oxygen atoms in total. The number of nitrogens with one attached hydrogen (secondary N) is 1. The number of ether oxygens (including phenoxy) is 1. The van der Waals surface area contributed by atoms with Crippen molar-refractivity contribution in [1.82, 2.24) is 5.32 Å². The van der Waals surface area contributed by atoms with Crippen LogP contribution in [0.5, 0.6) is 0 Å². The van der Waals surface area contributed by atoms with E-state index in [1.165, 1.54) is 0 Å². The van der Waals surface area contributed by atoms with Crippen LogP contribution in [0.1, 0.15) is 37.7 Å². The molecule has 0 spiro atoms. The average Bonchev–Trinajstić information content (AvgIpc) is 2.61. The zero-order chi connectivity index (χ0) is 17.4. The summed E-state index contributed by atoms with van der Waals surface area (Å²) in [6, 6.07) is 7.81. The topological polar surface area (TPSA) is 92.7 Å². The van der Waals surface area contributed by atoms with Gasteiger partial charge in [0, 0.05) is 5.57 Å². The third kappa shape index (κ3) is 5.53. The second-order valence-corrected chi connectivity index (χ2v) is 5.69. The fourth-order valence-corrected chi connectivity index (χ4v) is 2.46. The number of amides is 1. The molecule has 0 radical (unpaired) electrons. The quantitative estimate of drug-likeness (QED) is 0.747. The molecule has 0 saturated heterocycles. The van der Waals surface area contributed by atoms with E-state index < -0.39 is 30.3 Å². The van der Waals surface area contributed by atoms with Gasteiger partial charge in [0.05, 0.1) is 6.42 Å². The number of carbonyl (C=O) groups is 3. The van der Waals surface area contributed by atoms with Gasteiger partial charge in [0.15, 0.2) is 0 Å². The molecule has 1 aromatic rings. The van der Waals surface area contributed by atoms with Crippen molar-refractivity contribution in [3.05, 3.63) is 47.5 Å². The van der Waals surface area contributed by atoms with Gasteiger partial charge in [-0.05, 0) is 31.2 Å². The van der Waals surface area contributed by atoms with Crippen molar-refractivity contribution in [2.24, 2.45) is 0 Å². The van der Waals surface area contributed by atoms with Gasteiger partial charge in [-0.1, -0.05) is 36.4 Å². The van der Waals surface area contributed by atoms with Crippen LogP contribution in [0, 0.1) is 0 Å². The molecular weight excluding hydrogens is 310 g/mol. The summed E-state index contributed by atoms with van der Waals surface area (Å²) in [6.45, 7) is 0.0745. The summed E-state index contributed by atoms with van der Waals surface area (Å²) in [7, 11) is 0. The molecule has 0 heterocycles. The molecule has 0 bridgehead atoms. The Balaban J connectivity index is 1.86. The van der Waals surface area contributed by atoms with Gasteiger partial charge in [0.2, 0.25) is 5.91 Å². The Morgan fingerprint density at radius 3 is 2.54 bits per heavy atom. The highest BCUT2D eigenvalue weighted by Crippen LogP contribution is 2.17. The molecule has 1 aromatic carbocycles. The number of carboxylic acids is 1. The van der Waals surface area contributed by atoms with Crippen LogP contribution >= 0.6 is 0 Å². The van der Waals surface area contributed by atoms with Gasteiger partial charge >= 0.3 is 11.9 Å². The van der Waals surface area contributed by atoms with E-state index in [2.05, 4.69) is 5.32 Å². The van der Waals surface area contributed by atoms with Crippen LogP contribution in [-0.4, -0.2) is 29.0 Å². The molecule has 24 heavy (non-hydrogen) atoms. The second-order valence-electron chi connectivity index (χ2n) is 5.69. The van der Waals surface area contributed by atoms with E-state index in [0.29, 0.717) is 12.0 Å². The number of carbonyl (C=O) groups excluding carboxylic acids is 2. The molecule has 128 valence electrons. The van der Waals surface area contributed by atoms with Gasteiger partial charge < -0.3 is 15.2 Å². The first-order chi connectivity index (χ1) is 11.6. The fourth-order valence-electron chi connectivity index (χ4n) is 2.46. The minimum Gasteiger partial charge on any atom is -0.480 e. The lowest BCUT2D eigenvalue weighted by molar-refractivity contribution is -0.151. The van der Waals surface area contributed by atoms with E-state index in [9.17, 15) is 19.5 Å². The van der Waals surface area contributed by atoms with Crippen LogP contribution in [0.15, 0.2) is 42.0 Å². The van der Waals surface area contributed by atoms with E-state index in [1.54, 1.807) is 12.1 Å². The highest BCUT2D eigenvalue weighted by Gasteiger charge is 2.25. The van der Waals surface area contributed by atoms with Gasteiger partial charge in [0.25, 0.3) is 0 Å². The largest absolute Gasteiger partial charge is 0.480 e. The Bertz CT molecular complexity index is 624. The van der Waals surface area contributed by atoms with Gasteiger partial charge in [-0.3, -0.25) is 9.59 Å². The summed E-state index contributed by atoms with van der Waals surface area (Å²) in [5.74, 6) is -2.33. The van der Waals surface area contributed by atoms with Crippen molar-refractivity contribution < 1.29 is 24.2 Å². The van der Waals surface area contributed by atoms with Crippen LogP contribution in [0.4, 0.5) is 0 Å². The molecule has 1 aliphatic carbocycles. The lowest BCUT2D eigenvalue weighted by atomic mass is 9.98. The van der Waals surface area contributed by atoms with Crippen molar-refractivity contribution in [2.75, 3.05) is 0 Å². The van der Waals surface area contributed by atoms with Crippen LogP contribution in [-0.2, 0) is 25.7 Å². The number of carboxylic acid groups (broad SMARTS) is 1. The maximum atomic E-state index is 12.1. The van der Waals surface area contributed by atoms with Crippen LogP contribution in [0.2, 0.25) is 0 Å². The Morgan fingerprint density at radius 2 is 1.92 bits per heavy atom. The number of esters is 1. The predicted molar refractivity (Wildman–Crippen MR) is 87.0 cm³/mol. The summed E-state index contributed by atoms with van der Waals surface area (Å²) >= 11 is 0. The number of rotatable bonds is 7.